The summed E-state index contributed by atoms with van der Waals surface area (Å²) in [6.07, 6.45) is 5.73. The number of carbonyl (C=O) groups is 1. The van der Waals surface area contributed by atoms with Gasteiger partial charge in [0, 0.05) is 35.5 Å². The van der Waals surface area contributed by atoms with Crippen LogP contribution in [-0.2, 0) is 0 Å². The fraction of sp³-hybridized carbons (Fsp3) is 0.162. The summed E-state index contributed by atoms with van der Waals surface area (Å²) in [7, 11) is 0. The average molecular weight is 639 g/mol. The summed E-state index contributed by atoms with van der Waals surface area (Å²) in [4.78, 5) is 32.6. The zero-order valence-corrected chi connectivity index (χ0v) is 25.9. The van der Waals surface area contributed by atoms with E-state index in [1.807, 2.05) is 60.7 Å². The van der Waals surface area contributed by atoms with Crippen LogP contribution in [-0.4, -0.2) is 67.2 Å². The van der Waals surface area contributed by atoms with Crippen LogP contribution in [0.15, 0.2) is 97.3 Å². The minimum absolute atomic E-state index is 0.223. The van der Waals surface area contributed by atoms with Gasteiger partial charge in [-0.05, 0) is 80.0 Å². The van der Waals surface area contributed by atoms with E-state index in [-0.39, 0.29) is 11.7 Å². The molecule has 1 aliphatic heterocycles. The highest BCUT2D eigenvalue weighted by atomic mass is 19.1. The van der Waals surface area contributed by atoms with E-state index in [1.165, 1.54) is 25.0 Å². The van der Waals surface area contributed by atoms with Crippen molar-refractivity contribution in [2.75, 3.05) is 31.6 Å². The molecular weight excluding hydrogens is 607 g/mol. The Hall–Kier alpha value is -5.94. The number of ether oxygens (including phenoxy) is 1. The van der Waals surface area contributed by atoms with Gasteiger partial charge < -0.3 is 15.0 Å². The molecule has 1 fully saturated rings. The Bertz CT molecular complexity index is 2260. The SMILES string of the molecule is O=C(Nc1cncc(-c2ccc3[nH]nc(-c4nc5c(-c6cc(F)cc(OCCN7CCCC7)c6)cccc5[nH]4)c3n2)c1)c1ccccc1. The number of fused-ring (bicyclic) bond motifs is 2. The first-order valence-electron chi connectivity index (χ1n) is 15.9. The maximum atomic E-state index is 14.8. The van der Waals surface area contributed by atoms with Crippen molar-refractivity contribution in [2.24, 2.45) is 0 Å². The molecule has 238 valence electrons. The monoisotopic (exact) mass is 638 g/mol. The normalized spacial score (nSPS) is 13.4. The molecule has 3 aromatic carbocycles. The second-order valence-electron chi connectivity index (χ2n) is 11.8. The smallest absolute Gasteiger partial charge is 0.255 e. The number of H-pyrrole nitrogens is 2. The average Bonchev–Trinajstić information content (AvgIpc) is 3.88. The Balaban J connectivity index is 1.08. The van der Waals surface area contributed by atoms with Gasteiger partial charge in [-0.3, -0.25) is 19.8 Å². The van der Waals surface area contributed by atoms with Crippen LogP contribution in [0.3, 0.4) is 0 Å². The van der Waals surface area contributed by atoms with Gasteiger partial charge in [0.2, 0.25) is 0 Å². The molecule has 4 aromatic heterocycles. The molecule has 1 saturated heterocycles. The zero-order chi connectivity index (χ0) is 32.5. The lowest BCUT2D eigenvalue weighted by atomic mass is 10.0. The van der Waals surface area contributed by atoms with E-state index < -0.39 is 0 Å². The number of pyridine rings is 2. The molecule has 1 aliphatic rings. The summed E-state index contributed by atoms with van der Waals surface area (Å²) in [6, 6.07) is 25.1. The molecule has 10 nitrogen and oxygen atoms in total. The molecule has 0 atom stereocenters. The number of nitrogens with zero attached hydrogens (tertiary/aromatic N) is 5. The van der Waals surface area contributed by atoms with Crippen molar-refractivity contribution < 1.29 is 13.9 Å². The van der Waals surface area contributed by atoms with Gasteiger partial charge in [0.1, 0.15) is 23.7 Å². The van der Waals surface area contributed by atoms with Crippen LogP contribution >= 0.6 is 0 Å². The summed E-state index contributed by atoms with van der Waals surface area (Å²) in [6.45, 7) is 3.50. The standard InChI is InChI=1S/C37H31FN8O2/c38-26-17-24(19-28(20-26)48-16-15-46-13-4-5-14-46)29-9-6-10-31-33(29)43-36(42-31)35-34-32(44-45-35)12-11-30(41-34)25-18-27(22-39-21-25)40-37(47)23-7-2-1-3-8-23/h1-3,6-12,17-22H,4-5,13-16H2,(H,40,47)(H,42,43)(H,44,45). The predicted molar refractivity (Wildman–Crippen MR) is 183 cm³/mol. The van der Waals surface area contributed by atoms with Gasteiger partial charge in [0.25, 0.3) is 5.91 Å². The van der Waals surface area contributed by atoms with Crippen molar-refractivity contribution in [3.8, 4) is 39.7 Å². The van der Waals surface area contributed by atoms with Crippen LogP contribution < -0.4 is 10.1 Å². The van der Waals surface area contributed by atoms with Gasteiger partial charge in [-0.1, -0.05) is 30.3 Å². The molecular formula is C37H31FN8O2. The van der Waals surface area contributed by atoms with E-state index in [9.17, 15) is 9.18 Å². The molecule has 7 aromatic rings. The quantitative estimate of drug-likeness (QED) is 0.154. The number of benzene rings is 3. The van der Waals surface area contributed by atoms with Crippen molar-refractivity contribution in [3.63, 3.8) is 0 Å². The Morgan fingerprint density at radius 3 is 2.62 bits per heavy atom. The minimum Gasteiger partial charge on any atom is -0.492 e. The second kappa shape index (κ2) is 12.7. The zero-order valence-electron chi connectivity index (χ0n) is 25.9. The van der Waals surface area contributed by atoms with Gasteiger partial charge in [0.15, 0.2) is 11.5 Å². The summed E-state index contributed by atoms with van der Waals surface area (Å²) in [5.41, 5.74) is 7.29. The number of halogens is 1. The maximum Gasteiger partial charge on any atom is 0.255 e. The molecule has 3 N–H and O–H groups in total. The van der Waals surface area contributed by atoms with E-state index in [0.717, 1.165) is 41.8 Å². The molecule has 0 spiro atoms. The van der Waals surface area contributed by atoms with Crippen molar-refractivity contribution in [3.05, 3.63) is 109 Å². The molecule has 0 radical (unpaired) electrons. The van der Waals surface area contributed by atoms with E-state index in [4.69, 9.17) is 14.7 Å². The third-order valence-corrected chi connectivity index (χ3v) is 8.53. The molecule has 5 heterocycles. The lowest BCUT2D eigenvalue weighted by molar-refractivity contribution is 0.102. The third kappa shape index (κ3) is 5.98. The Morgan fingerprint density at radius 1 is 0.875 bits per heavy atom. The summed E-state index contributed by atoms with van der Waals surface area (Å²) in [5.74, 6) is 0.419. The molecule has 0 bridgehead atoms. The first-order valence-corrected chi connectivity index (χ1v) is 15.9. The van der Waals surface area contributed by atoms with E-state index in [1.54, 1.807) is 24.5 Å². The molecule has 1 amide bonds. The number of imidazole rings is 1. The van der Waals surface area contributed by atoms with Crippen LogP contribution in [0.2, 0.25) is 0 Å². The molecule has 48 heavy (non-hydrogen) atoms. The fourth-order valence-corrected chi connectivity index (χ4v) is 6.14. The highest BCUT2D eigenvalue weighted by molar-refractivity contribution is 6.04. The lowest BCUT2D eigenvalue weighted by Gasteiger charge is -2.15. The number of anilines is 1. The number of likely N-dealkylation sites (tertiary alicyclic amines) is 1. The van der Waals surface area contributed by atoms with E-state index in [0.29, 0.717) is 57.4 Å². The highest BCUT2D eigenvalue weighted by Crippen LogP contribution is 2.34. The number of aromatic amines is 2. The van der Waals surface area contributed by atoms with E-state index >= 15 is 0 Å². The van der Waals surface area contributed by atoms with Gasteiger partial charge in [-0.15, -0.1) is 0 Å². The summed E-state index contributed by atoms with van der Waals surface area (Å²) < 4.78 is 20.8. The van der Waals surface area contributed by atoms with Crippen molar-refractivity contribution in [1.29, 1.82) is 0 Å². The van der Waals surface area contributed by atoms with Gasteiger partial charge in [-0.25, -0.2) is 14.4 Å². The number of hydrogen-bond donors (Lipinski definition) is 3. The highest BCUT2D eigenvalue weighted by Gasteiger charge is 2.18. The molecule has 0 aliphatic carbocycles. The van der Waals surface area contributed by atoms with Crippen LogP contribution in [0.1, 0.15) is 23.2 Å². The number of carbonyl (C=O) groups excluding carboxylic acids is 1. The number of hydrogen-bond acceptors (Lipinski definition) is 7. The molecule has 8 rings (SSSR count). The van der Waals surface area contributed by atoms with Crippen LogP contribution in [0.5, 0.6) is 5.75 Å². The number of para-hydroxylation sites is 1. The lowest BCUT2D eigenvalue weighted by Crippen LogP contribution is -2.25. The summed E-state index contributed by atoms with van der Waals surface area (Å²) in [5, 5.41) is 10.5. The van der Waals surface area contributed by atoms with Crippen molar-refractivity contribution >= 4 is 33.7 Å². The van der Waals surface area contributed by atoms with E-state index in [2.05, 4.69) is 30.4 Å². The predicted octanol–water partition coefficient (Wildman–Crippen LogP) is 7.10. The van der Waals surface area contributed by atoms with Crippen LogP contribution in [0.4, 0.5) is 10.1 Å². The number of nitrogens with one attached hydrogen (secondary N) is 3. The fourth-order valence-electron chi connectivity index (χ4n) is 6.14. The van der Waals surface area contributed by atoms with Crippen LogP contribution in [0.25, 0.3) is 56.0 Å². The largest absolute Gasteiger partial charge is 0.492 e. The van der Waals surface area contributed by atoms with Gasteiger partial charge in [-0.2, -0.15) is 5.10 Å². The Labute approximate surface area is 275 Å². The van der Waals surface area contributed by atoms with Crippen molar-refractivity contribution in [2.45, 2.75) is 12.8 Å². The van der Waals surface area contributed by atoms with Gasteiger partial charge >= 0.3 is 0 Å². The molecule has 0 unspecified atom stereocenters. The molecule has 0 saturated carbocycles. The first-order chi connectivity index (χ1) is 23.6. The van der Waals surface area contributed by atoms with Crippen LogP contribution in [0, 0.1) is 5.82 Å². The Morgan fingerprint density at radius 2 is 1.75 bits per heavy atom. The van der Waals surface area contributed by atoms with Crippen molar-refractivity contribution in [1.82, 2.24) is 35.0 Å². The first kappa shape index (κ1) is 29.5. The summed E-state index contributed by atoms with van der Waals surface area (Å²) >= 11 is 0. The maximum absolute atomic E-state index is 14.8. The topological polar surface area (TPSA) is 125 Å². The second-order valence-corrected chi connectivity index (χ2v) is 11.8. The number of aromatic nitrogens is 6. The number of rotatable bonds is 9. The number of amides is 1. The molecule has 11 heteroatoms. The van der Waals surface area contributed by atoms with Gasteiger partial charge in [0.05, 0.1) is 34.1 Å². The Kier molecular flexibility index (Phi) is 7.79. The minimum atomic E-state index is -0.371. The third-order valence-electron chi connectivity index (χ3n) is 8.53.